The van der Waals surface area contributed by atoms with Crippen LogP contribution in [0.3, 0.4) is 0 Å². The van der Waals surface area contributed by atoms with Crippen LogP contribution in [0.25, 0.3) is 5.69 Å². The SMILES string of the molecule is Cc1c(C(=O)N2C[C@@H](C)Oc3ncccc32)nnn1-c1cccc(Cl)c1. The van der Waals surface area contributed by atoms with Crippen molar-refractivity contribution in [2.24, 2.45) is 0 Å². The highest BCUT2D eigenvalue weighted by molar-refractivity contribution is 6.30. The molecule has 3 heterocycles. The van der Waals surface area contributed by atoms with Gasteiger partial charge in [0.2, 0.25) is 5.88 Å². The molecule has 0 aliphatic carbocycles. The number of hydrogen-bond acceptors (Lipinski definition) is 5. The van der Waals surface area contributed by atoms with Gasteiger partial charge >= 0.3 is 0 Å². The molecule has 8 heteroatoms. The van der Waals surface area contributed by atoms with Crippen LogP contribution in [0.1, 0.15) is 23.1 Å². The molecule has 0 bridgehead atoms. The van der Waals surface area contributed by atoms with E-state index in [1.807, 2.05) is 32.0 Å². The number of aromatic nitrogens is 4. The van der Waals surface area contributed by atoms with Crippen molar-refractivity contribution in [2.75, 3.05) is 11.4 Å². The molecule has 3 aromatic rings. The maximum Gasteiger partial charge on any atom is 0.281 e. The molecule has 0 radical (unpaired) electrons. The van der Waals surface area contributed by atoms with Crippen LogP contribution in [0.4, 0.5) is 5.69 Å². The Balaban J connectivity index is 1.72. The Labute approximate surface area is 155 Å². The summed E-state index contributed by atoms with van der Waals surface area (Å²) in [5.41, 5.74) is 2.31. The Kier molecular flexibility index (Phi) is 4.08. The van der Waals surface area contributed by atoms with E-state index >= 15 is 0 Å². The zero-order chi connectivity index (χ0) is 18.3. The highest BCUT2D eigenvalue weighted by Gasteiger charge is 2.31. The topological polar surface area (TPSA) is 73.1 Å². The second kappa shape index (κ2) is 6.42. The van der Waals surface area contributed by atoms with Gasteiger partial charge in [-0.15, -0.1) is 5.10 Å². The molecule has 2 aromatic heterocycles. The predicted molar refractivity (Wildman–Crippen MR) is 97.1 cm³/mol. The van der Waals surface area contributed by atoms with Crippen LogP contribution >= 0.6 is 11.6 Å². The molecule has 0 saturated carbocycles. The highest BCUT2D eigenvalue weighted by Crippen LogP contribution is 2.32. The Hall–Kier alpha value is -2.93. The molecule has 1 aliphatic heterocycles. The summed E-state index contributed by atoms with van der Waals surface area (Å²) in [6, 6.07) is 10.8. The summed E-state index contributed by atoms with van der Waals surface area (Å²) in [4.78, 5) is 19.0. The first-order chi connectivity index (χ1) is 12.5. The summed E-state index contributed by atoms with van der Waals surface area (Å²) < 4.78 is 7.31. The van der Waals surface area contributed by atoms with Crippen LogP contribution in [0.5, 0.6) is 5.88 Å². The average Bonchev–Trinajstić information content (AvgIpc) is 3.02. The first kappa shape index (κ1) is 16.5. The van der Waals surface area contributed by atoms with Crippen LogP contribution in [0.15, 0.2) is 42.6 Å². The fourth-order valence-electron chi connectivity index (χ4n) is 2.96. The fourth-order valence-corrected chi connectivity index (χ4v) is 3.15. The van der Waals surface area contributed by atoms with Gasteiger partial charge < -0.3 is 4.74 Å². The Bertz CT molecular complexity index is 987. The lowest BCUT2D eigenvalue weighted by Crippen LogP contribution is -2.43. The molecule has 0 unspecified atom stereocenters. The van der Waals surface area contributed by atoms with Crippen molar-refractivity contribution in [3.05, 3.63) is 59.0 Å². The largest absolute Gasteiger partial charge is 0.471 e. The second-order valence-corrected chi connectivity index (χ2v) is 6.52. The molecular formula is C18H16ClN5O2. The van der Waals surface area contributed by atoms with E-state index in [2.05, 4.69) is 15.3 Å². The van der Waals surface area contributed by atoms with Gasteiger partial charge in [-0.05, 0) is 44.2 Å². The number of ether oxygens (including phenoxy) is 1. The summed E-state index contributed by atoms with van der Waals surface area (Å²) in [5, 5.41) is 8.83. The average molecular weight is 370 g/mol. The summed E-state index contributed by atoms with van der Waals surface area (Å²) in [7, 11) is 0. The number of benzene rings is 1. The fraction of sp³-hybridized carbons (Fsp3) is 0.222. The second-order valence-electron chi connectivity index (χ2n) is 6.09. The number of amides is 1. The van der Waals surface area contributed by atoms with Crippen LogP contribution in [-0.4, -0.2) is 38.5 Å². The third-order valence-electron chi connectivity index (χ3n) is 4.19. The van der Waals surface area contributed by atoms with E-state index in [1.54, 1.807) is 34.0 Å². The number of carbonyl (C=O) groups is 1. The number of pyridine rings is 1. The molecular weight excluding hydrogens is 354 g/mol. The van der Waals surface area contributed by atoms with E-state index in [9.17, 15) is 4.79 Å². The maximum atomic E-state index is 13.1. The molecule has 4 rings (SSSR count). The molecule has 0 saturated heterocycles. The molecule has 1 aromatic carbocycles. The Morgan fingerprint density at radius 3 is 2.96 bits per heavy atom. The number of hydrogen-bond donors (Lipinski definition) is 0. The standard InChI is InChI=1S/C18H16ClN5O2/c1-11-10-23(15-7-4-8-20-17(15)26-11)18(25)16-12(2)24(22-21-16)14-6-3-5-13(19)9-14/h3-9,11H,10H2,1-2H3/t11-/m1/s1. The lowest BCUT2D eigenvalue weighted by Gasteiger charge is -2.32. The highest BCUT2D eigenvalue weighted by atomic mass is 35.5. The lowest BCUT2D eigenvalue weighted by molar-refractivity contribution is 0.0953. The third kappa shape index (κ3) is 2.80. The summed E-state index contributed by atoms with van der Waals surface area (Å²) in [6.45, 7) is 4.12. The zero-order valence-corrected chi connectivity index (χ0v) is 15.0. The molecule has 1 atom stereocenters. The van der Waals surface area contributed by atoms with E-state index in [4.69, 9.17) is 16.3 Å². The normalized spacial score (nSPS) is 16.1. The van der Waals surface area contributed by atoms with Crippen LogP contribution in [0, 0.1) is 6.92 Å². The van der Waals surface area contributed by atoms with Crippen molar-refractivity contribution in [3.8, 4) is 11.6 Å². The van der Waals surface area contributed by atoms with Crippen molar-refractivity contribution in [1.82, 2.24) is 20.0 Å². The molecule has 1 aliphatic rings. The number of fused-ring (bicyclic) bond motifs is 1. The van der Waals surface area contributed by atoms with E-state index in [0.29, 0.717) is 28.8 Å². The molecule has 0 N–H and O–H groups in total. The lowest BCUT2D eigenvalue weighted by atomic mass is 10.2. The van der Waals surface area contributed by atoms with Gasteiger partial charge in [0.25, 0.3) is 5.91 Å². The first-order valence-electron chi connectivity index (χ1n) is 8.16. The molecule has 7 nitrogen and oxygen atoms in total. The Morgan fingerprint density at radius 1 is 1.31 bits per heavy atom. The zero-order valence-electron chi connectivity index (χ0n) is 14.3. The number of rotatable bonds is 2. The molecule has 0 spiro atoms. The van der Waals surface area contributed by atoms with Gasteiger partial charge in [0.1, 0.15) is 11.8 Å². The number of carbonyl (C=O) groups excluding carboxylic acids is 1. The summed E-state index contributed by atoms with van der Waals surface area (Å²) in [5.74, 6) is 0.208. The van der Waals surface area contributed by atoms with Gasteiger partial charge in [-0.25, -0.2) is 9.67 Å². The molecule has 26 heavy (non-hydrogen) atoms. The van der Waals surface area contributed by atoms with Crippen molar-refractivity contribution < 1.29 is 9.53 Å². The summed E-state index contributed by atoms with van der Waals surface area (Å²) in [6.07, 6.45) is 1.48. The van der Waals surface area contributed by atoms with E-state index in [-0.39, 0.29) is 17.7 Å². The molecule has 132 valence electrons. The smallest absolute Gasteiger partial charge is 0.281 e. The van der Waals surface area contributed by atoms with Crippen LogP contribution in [0.2, 0.25) is 5.02 Å². The van der Waals surface area contributed by atoms with E-state index in [1.165, 1.54) is 0 Å². The van der Waals surface area contributed by atoms with Crippen molar-refractivity contribution in [1.29, 1.82) is 0 Å². The minimum Gasteiger partial charge on any atom is -0.471 e. The summed E-state index contributed by atoms with van der Waals surface area (Å²) >= 11 is 6.05. The van der Waals surface area contributed by atoms with Gasteiger partial charge in [-0.3, -0.25) is 9.69 Å². The molecule has 1 amide bonds. The number of nitrogens with zero attached hydrogens (tertiary/aromatic N) is 5. The number of anilines is 1. The van der Waals surface area contributed by atoms with Gasteiger partial charge in [-0.2, -0.15) is 0 Å². The van der Waals surface area contributed by atoms with Gasteiger partial charge in [0.05, 0.1) is 17.9 Å². The Morgan fingerprint density at radius 2 is 2.15 bits per heavy atom. The predicted octanol–water partition coefficient (Wildman–Crippen LogP) is 3.05. The maximum absolute atomic E-state index is 13.1. The van der Waals surface area contributed by atoms with Crippen LogP contribution < -0.4 is 9.64 Å². The van der Waals surface area contributed by atoms with Crippen molar-refractivity contribution in [2.45, 2.75) is 20.0 Å². The van der Waals surface area contributed by atoms with Gasteiger partial charge in [0, 0.05) is 11.2 Å². The van der Waals surface area contributed by atoms with Crippen molar-refractivity contribution in [3.63, 3.8) is 0 Å². The quantitative estimate of drug-likeness (QED) is 0.694. The van der Waals surface area contributed by atoms with Gasteiger partial charge in [0.15, 0.2) is 5.69 Å². The molecule has 0 fully saturated rings. The first-order valence-corrected chi connectivity index (χ1v) is 8.54. The third-order valence-corrected chi connectivity index (χ3v) is 4.42. The number of halogens is 1. The monoisotopic (exact) mass is 369 g/mol. The van der Waals surface area contributed by atoms with Crippen LogP contribution in [-0.2, 0) is 0 Å². The minimum atomic E-state index is -0.236. The minimum absolute atomic E-state index is 0.162. The van der Waals surface area contributed by atoms with E-state index < -0.39 is 0 Å². The van der Waals surface area contributed by atoms with Gasteiger partial charge in [-0.1, -0.05) is 22.9 Å². The van der Waals surface area contributed by atoms with Crippen molar-refractivity contribution >= 4 is 23.2 Å². The van der Waals surface area contributed by atoms with E-state index in [0.717, 1.165) is 5.69 Å².